The Bertz CT molecular complexity index is 866. The number of pyridine rings is 1. The van der Waals surface area contributed by atoms with E-state index in [1.165, 1.54) is 0 Å². The van der Waals surface area contributed by atoms with Crippen molar-refractivity contribution in [3.05, 3.63) is 90.3 Å². The topological polar surface area (TPSA) is 59.1 Å². The largest absolute Gasteiger partial charge is 0.301 e. The van der Waals surface area contributed by atoms with E-state index in [9.17, 15) is 9.00 Å². The summed E-state index contributed by atoms with van der Waals surface area (Å²) in [6.07, 6.45) is 5.14. The van der Waals surface area contributed by atoms with Crippen molar-refractivity contribution in [3.8, 4) is 0 Å². The molecule has 0 aliphatic rings. The fraction of sp³-hybridized carbons (Fsp3) is 0.143. The van der Waals surface area contributed by atoms with Crippen molar-refractivity contribution in [3.63, 3.8) is 0 Å². The molecule has 0 aliphatic heterocycles. The third-order valence-corrected chi connectivity index (χ3v) is 5.06. The zero-order valence-electron chi connectivity index (χ0n) is 14.3. The van der Waals surface area contributed by atoms with Crippen LogP contribution in [0.5, 0.6) is 0 Å². The number of hydrogen-bond donors (Lipinski definition) is 1. The van der Waals surface area contributed by atoms with Gasteiger partial charge in [0.2, 0.25) is 0 Å². The lowest BCUT2D eigenvalue weighted by molar-refractivity contribution is -0.118. The Morgan fingerprint density at radius 2 is 1.69 bits per heavy atom. The smallest absolute Gasteiger partial charge is 0.150 e. The molecule has 4 nitrogen and oxygen atoms in total. The van der Waals surface area contributed by atoms with Gasteiger partial charge < -0.3 is 4.72 Å². The van der Waals surface area contributed by atoms with Gasteiger partial charge in [-0.1, -0.05) is 36.4 Å². The standard InChI is InChI=1S/C21H20N2O2S/c24-20(13-10-18-5-4-14-22-16-18)15-17-8-11-19(12-9-17)23-26(25)21-6-2-1-3-7-21/h1-9,11-12,14,16,23H,10,13,15H2. The van der Waals surface area contributed by atoms with Crippen LogP contribution in [0.3, 0.4) is 0 Å². The summed E-state index contributed by atoms with van der Waals surface area (Å²) in [6, 6.07) is 20.6. The van der Waals surface area contributed by atoms with Crippen LogP contribution in [0.25, 0.3) is 0 Å². The Labute approximate surface area is 155 Å². The number of ketones is 1. The number of hydrogen-bond acceptors (Lipinski definition) is 3. The summed E-state index contributed by atoms with van der Waals surface area (Å²) >= 11 is 0. The number of aromatic nitrogens is 1. The third kappa shape index (κ3) is 5.36. The number of anilines is 1. The molecule has 0 radical (unpaired) electrons. The summed E-state index contributed by atoms with van der Waals surface area (Å²) in [5.41, 5.74) is 2.79. The zero-order valence-corrected chi connectivity index (χ0v) is 15.1. The summed E-state index contributed by atoms with van der Waals surface area (Å²) in [4.78, 5) is 16.9. The summed E-state index contributed by atoms with van der Waals surface area (Å²) in [5, 5.41) is 0. The van der Waals surface area contributed by atoms with Gasteiger partial charge in [0.25, 0.3) is 0 Å². The lowest BCUT2D eigenvalue weighted by Gasteiger charge is -2.07. The van der Waals surface area contributed by atoms with Crippen LogP contribution in [0.2, 0.25) is 0 Å². The number of nitrogens with zero attached hydrogens (tertiary/aromatic N) is 1. The van der Waals surface area contributed by atoms with Gasteiger partial charge in [0.15, 0.2) is 0 Å². The number of carbonyl (C=O) groups excluding carboxylic acids is 1. The summed E-state index contributed by atoms with van der Waals surface area (Å²) < 4.78 is 15.2. The van der Waals surface area contributed by atoms with E-state index >= 15 is 0 Å². The Hall–Kier alpha value is -2.79. The van der Waals surface area contributed by atoms with E-state index in [1.54, 1.807) is 12.4 Å². The second-order valence-corrected chi connectivity index (χ2v) is 7.17. The van der Waals surface area contributed by atoms with Crippen molar-refractivity contribution >= 4 is 22.5 Å². The molecule has 0 fully saturated rings. The van der Waals surface area contributed by atoms with Crippen LogP contribution >= 0.6 is 0 Å². The maximum Gasteiger partial charge on any atom is 0.150 e. The second kappa shape index (κ2) is 9.06. The number of Topliss-reactive ketones (excluding diaryl/α,β-unsaturated/α-hetero) is 1. The molecule has 26 heavy (non-hydrogen) atoms. The van der Waals surface area contributed by atoms with Crippen molar-refractivity contribution in [1.29, 1.82) is 0 Å². The van der Waals surface area contributed by atoms with Gasteiger partial charge in [-0.15, -0.1) is 0 Å². The Morgan fingerprint density at radius 3 is 2.38 bits per heavy atom. The molecule has 0 amide bonds. The van der Waals surface area contributed by atoms with Gasteiger partial charge in [-0.05, 0) is 47.9 Å². The molecular weight excluding hydrogens is 344 g/mol. The van der Waals surface area contributed by atoms with E-state index in [2.05, 4.69) is 9.71 Å². The molecule has 132 valence electrons. The van der Waals surface area contributed by atoms with Crippen molar-refractivity contribution in [2.45, 2.75) is 24.2 Å². The van der Waals surface area contributed by atoms with E-state index in [0.717, 1.165) is 21.7 Å². The molecule has 0 bridgehead atoms. The van der Waals surface area contributed by atoms with E-state index in [1.807, 2.05) is 66.7 Å². The monoisotopic (exact) mass is 364 g/mol. The zero-order chi connectivity index (χ0) is 18.2. The van der Waals surface area contributed by atoms with Crippen LogP contribution < -0.4 is 4.72 Å². The second-order valence-electron chi connectivity index (χ2n) is 5.96. The normalized spacial score (nSPS) is 11.7. The molecule has 0 saturated heterocycles. The van der Waals surface area contributed by atoms with Crippen LogP contribution in [0.15, 0.2) is 84.0 Å². The maximum absolute atomic E-state index is 12.2. The number of aryl methyl sites for hydroxylation is 1. The highest BCUT2D eigenvalue weighted by atomic mass is 32.2. The van der Waals surface area contributed by atoms with Crippen molar-refractivity contribution in [1.82, 2.24) is 4.98 Å². The number of nitrogens with one attached hydrogen (secondary N) is 1. The minimum Gasteiger partial charge on any atom is -0.301 e. The Balaban J connectivity index is 1.51. The van der Waals surface area contributed by atoms with Gasteiger partial charge in [0.1, 0.15) is 16.8 Å². The van der Waals surface area contributed by atoms with Gasteiger partial charge in [0, 0.05) is 30.9 Å². The SMILES string of the molecule is O=C(CCc1cccnc1)Cc1ccc(NS(=O)c2ccccc2)cc1. The highest BCUT2D eigenvalue weighted by Gasteiger charge is 2.06. The van der Waals surface area contributed by atoms with Gasteiger partial charge >= 0.3 is 0 Å². The molecule has 1 unspecified atom stereocenters. The van der Waals surface area contributed by atoms with E-state index in [4.69, 9.17) is 0 Å². The molecule has 3 rings (SSSR count). The van der Waals surface area contributed by atoms with Gasteiger partial charge in [-0.3, -0.25) is 9.78 Å². The van der Waals surface area contributed by atoms with Crippen LogP contribution in [-0.2, 0) is 28.6 Å². The molecule has 5 heteroatoms. The van der Waals surface area contributed by atoms with E-state index in [-0.39, 0.29) is 5.78 Å². The van der Waals surface area contributed by atoms with Crippen molar-refractivity contribution < 1.29 is 9.00 Å². The van der Waals surface area contributed by atoms with E-state index in [0.29, 0.717) is 19.3 Å². The Morgan fingerprint density at radius 1 is 0.923 bits per heavy atom. The summed E-state index contributed by atoms with van der Waals surface area (Å²) in [7, 11) is -1.30. The minimum atomic E-state index is -1.30. The lowest BCUT2D eigenvalue weighted by atomic mass is 10.0. The average Bonchev–Trinajstić information content (AvgIpc) is 2.69. The fourth-order valence-corrected chi connectivity index (χ4v) is 3.42. The molecule has 1 heterocycles. The first kappa shape index (κ1) is 18.0. The summed E-state index contributed by atoms with van der Waals surface area (Å²) in [5.74, 6) is 0.197. The third-order valence-electron chi connectivity index (χ3n) is 3.94. The number of rotatable bonds is 8. The maximum atomic E-state index is 12.2. The highest BCUT2D eigenvalue weighted by Crippen LogP contribution is 2.15. The average molecular weight is 364 g/mol. The fourth-order valence-electron chi connectivity index (χ4n) is 2.55. The predicted octanol–water partition coefficient (Wildman–Crippen LogP) is 3.96. The molecule has 0 saturated carbocycles. The van der Waals surface area contributed by atoms with Crippen LogP contribution in [0.4, 0.5) is 5.69 Å². The minimum absolute atomic E-state index is 0.197. The van der Waals surface area contributed by atoms with Crippen molar-refractivity contribution in [2.24, 2.45) is 0 Å². The quantitative estimate of drug-likeness (QED) is 0.658. The number of carbonyl (C=O) groups is 1. The van der Waals surface area contributed by atoms with E-state index < -0.39 is 11.0 Å². The molecule has 1 aromatic heterocycles. The molecule has 1 atom stereocenters. The molecule has 2 aromatic carbocycles. The lowest BCUT2D eigenvalue weighted by Crippen LogP contribution is -2.06. The van der Waals surface area contributed by atoms with Crippen LogP contribution in [0, 0.1) is 0 Å². The molecule has 0 spiro atoms. The van der Waals surface area contributed by atoms with Crippen LogP contribution in [0.1, 0.15) is 17.5 Å². The first-order valence-corrected chi connectivity index (χ1v) is 9.59. The summed E-state index contributed by atoms with van der Waals surface area (Å²) in [6.45, 7) is 0. The predicted molar refractivity (Wildman–Crippen MR) is 104 cm³/mol. The number of benzene rings is 2. The molecule has 0 aliphatic carbocycles. The molecular formula is C21H20N2O2S. The van der Waals surface area contributed by atoms with Gasteiger partial charge in [-0.2, -0.15) is 0 Å². The van der Waals surface area contributed by atoms with Crippen molar-refractivity contribution in [2.75, 3.05) is 4.72 Å². The Kier molecular flexibility index (Phi) is 6.28. The van der Waals surface area contributed by atoms with Gasteiger partial charge in [-0.25, -0.2) is 4.21 Å². The van der Waals surface area contributed by atoms with Gasteiger partial charge in [0.05, 0.1) is 4.90 Å². The first-order chi connectivity index (χ1) is 12.7. The van der Waals surface area contributed by atoms with Crippen LogP contribution in [-0.4, -0.2) is 15.0 Å². The molecule has 3 aromatic rings. The molecule has 1 N–H and O–H groups in total. The first-order valence-electron chi connectivity index (χ1n) is 8.44. The highest BCUT2D eigenvalue weighted by molar-refractivity contribution is 7.86.